The third-order valence-electron chi connectivity index (χ3n) is 1.74. The average molecular weight is 215 g/mol. The molecular weight excluding hydrogens is 203 g/mol. The van der Waals surface area contributed by atoms with E-state index < -0.39 is 5.82 Å². The summed E-state index contributed by atoms with van der Waals surface area (Å²) in [6.07, 6.45) is 3.61. The lowest BCUT2D eigenvalue weighted by molar-refractivity contribution is 0.632. The number of hydrogen-bond acceptors (Lipinski definition) is 2. The molecule has 0 atom stereocenters. The SMILES string of the molecule is CNCC=Cc1cc(F)c(N)cc1Cl. The van der Waals surface area contributed by atoms with Crippen molar-refractivity contribution in [3.8, 4) is 0 Å². The van der Waals surface area contributed by atoms with Crippen LogP contribution >= 0.6 is 11.6 Å². The highest BCUT2D eigenvalue weighted by Crippen LogP contribution is 2.23. The number of nitrogens with two attached hydrogens (primary N) is 1. The molecule has 4 heteroatoms. The van der Waals surface area contributed by atoms with E-state index in [2.05, 4.69) is 5.32 Å². The van der Waals surface area contributed by atoms with E-state index in [-0.39, 0.29) is 5.69 Å². The van der Waals surface area contributed by atoms with Crippen LogP contribution in [0.15, 0.2) is 18.2 Å². The first kappa shape index (κ1) is 11.0. The molecule has 3 N–H and O–H groups in total. The van der Waals surface area contributed by atoms with Gasteiger partial charge in [0.15, 0.2) is 0 Å². The van der Waals surface area contributed by atoms with Gasteiger partial charge in [-0.3, -0.25) is 0 Å². The Morgan fingerprint density at radius 1 is 1.57 bits per heavy atom. The molecule has 0 aromatic heterocycles. The molecule has 0 aliphatic rings. The Hall–Kier alpha value is -1.06. The second kappa shape index (κ2) is 4.98. The van der Waals surface area contributed by atoms with Gasteiger partial charge in [0.25, 0.3) is 0 Å². The van der Waals surface area contributed by atoms with Crippen molar-refractivity contribution in [3.63, 3.8) is 0 Å². The number of benzene rings is 1. The van der Waals surface area contributed by atoms with Gasteiger partial charge >= 0.3 is 0 Å². The fraction of sp³-hybridized carbons (Fsp3) is 0.200. The normalized spacial score (nSPS) is 11.1. The molecule has 14 heavy (non-hydrogen) atoms. The van der Waals surface area contributed by atoms with Crippen LogP contribution in [0.5, 0.6) is 0 Å². The monoisotopic (exact) mass is 214 g/mol. The number of rotatable bonds is 3. The van der Waals surface area contributed by atoms with Gasteiger partial charge in [-0.1, -0.05) is 23.8 Å². The number of nitrogens with one attached hydrogen (secondary N) is 1. The largest absolute Gasteiger partial charge is 0.396 e. The van der Waals surface area contributed by atoms with Crippen LogP contribution in [0.4, 0.5) is 10.1 Å². The zero-order chi connectivity index (χ0) is 10.6. The smallest absolute Gasteiger partial charge is 0.146 e. The zero-order valence-electron chi connectivity index (χ0n) is 7.85. The van der Waals surface area contributed by atoms with Crippen molar-refractivity contribution in [1.29, 1.82) is 0 Å². The third-order valence-corrected chi connectivity index (χ3v) is 2.06. The molecule has 0 bridgehead atoms. The van der Waals surface area contributed by atoms with Crippen LogP contribution in [0.2, 0.25) is 5.02 Å². The average Bonchev–Trinajstić information content (AvgIpc) is 2.14. The van der Waals surface area contributed by atoms with Gasteiger partial charge in [0.1, 0.15) is 5.82 Å². The summed E-state index contributed by atoms with van der Waals surface area (Å²) in [5.74, 6) is -0.446. The third kappa shape index (κ3) is 2.72. The summed E-state index contributed by atoms with van der Waals surface area (Å²) in [6.45, 7) is 0.711. The van der Waals surface area contributed by atoms with Crippen molar-refractivity contribution < 1.29 is 4.39 Å². The van der Waals surface area contributed by atoms with Gasteiger partial charge in [-0.25, -0.2) is 4.39 Å². The molecule has 0 aliphatic carbocycles. The van der Waals surface area contributed by atoms with E-state index in [9.17, 15) is 4.39 Å². The van der Waals surface area contributed by atoms with E-state index >= 15 is 0 Å². The molecule has 0 heterocycles. The van der Waals surface area contributed by atoms with Crippen molar-refractivity contribution in [2.45, 2.75) is 0 Å². The molecule has 0 spiro atoms. The molecule has 1 rings (SSSR count). The van der Waals surface area contributed by atoms with E-state index in [4.69, 9.17) is 17.3 Å². The quantitative estimate of drug-likeness (QED) is 0.758. The van der Waals surface area contributed by atoms with Crippen molar-refractivity contribution >= 4 is 23.4 Å². The molecule has 0 aliphatic heterocycles. The topological polar surface area (TPSA) is 38.0 Å². The first-order chi connectivity index (χ1) is 6.65. The number of likely N-dealkylation sites (N-methyl/N-ethyl adjacent to an activating group) is 1. The fourth-order valence-electron chi connectivity index (χ4n) is 1.01. The van der Waals surface area contributed by atoms with Crippen LogP contribution in [0.25, 0.3) is 6.08 Å². The molecule has 1 aromatic carbocycles. The van der Waals surface area contributed by atoms with Gasteiger partial charge in [0.2, 0.25) is 0 Å². The highest BCUT2D eigenvalue weighted by molar-refractivity contribution is 6.32. The second-order valence-electron chi connectivity index (χ2n) is 2.86. The Bertz CT molecular complexity index is 350. The number of halogens is 2. The Kier molecular flexibility index (Phi) is 3.92. The molecule has 0 fully saturated rings. The second-order valence-corrected chi connectivity index (χ2v) is 3.26. The first-order valence-corrected chi connectivity index (χ1v) is 4.58. The van der Waals surface area contributed by atoms with Crippen molar-refractivity contribution in [2.75, 3.05) is 19.3 Å². The van der Waals surface area contributed by atoms with Crippen molar-refractivity contribution in [3.05, 3.63) is 34.6 Å². The van der Waals surface area contributed by atoms with E-state index in [0.29, 0.717) is 17.1 Å². The Morgan fingerprint density at radius 3 is 2.93 bits per heavy atom. The van der Waals surface area contributed by atoms with Gasteiger partial charge in [0.05, 0.1) is 10.7 Å². The molecule has 1 aromatic rings. The summed E-state index contributed by atoms with van der Waals surface area (Å²) in [5, 5.41) is 3.39. The number of hydrogen-bond donors (Lipinski definition) is 2. The predicted octanol–water partition coefficient (Wildman–Crippen LogP) is 2.29. The Labute approximate surface area is 87.6 Å². The predicted molar refractivity (Wildman–Crippen MR) is 58.8 cm³/mol. The molecule has 0 saturated heterocycles. The lowest BCUT2D eigenvalue weighted by Gasteiger charge is -2.01. The maximum Gasteiger partial charge on any atom is 0.146 e. The summed E-state index contributed by atoms with van der Waals surface area (Å²) >= 11 is 5.86. The number of anilines is 1. The van der Waals surface area contributed by atoms with Crippen molar-refractivity contribution in [2.24, 2.45) is 0 Å². The van der Waals surface area contributed by atoms with E-state index in [1.165, 1.54) is 12.1 Å². The van der Waals surface area contributed by atoms with Crippen molar-refractivity contribution in [1.82, 2.24) is 5.32 Å². The minimum atomic E-state index is -0.446. The molecule has 76 valence electrons. The highest BCUT2D eigenvalue weighted by atomic mass is 35.5. The number of nitrogen functional groups attached to an aromatic ring is 1. The van der Waals surface area contributed by atoms with Crippen LogP contribution in [0.3, 0.4) is 0 Å². The lowest BCUT2D eigenvalue weighted by atomic mass is 10.2. The molecule has 0 saturated carbocycles. The van der Waals surface area contributed by atoms with E-state index in [1.807, 2.05) is 13.1 Å². The first-order valence-electron chi connectivity index (χ1n) is 4.21. The maximum absolute atomic E-state index is 13.0. The minimum absolute atomic E-state index is 0.0702. The van der Waals surface area contributed by atoms with Crippen LogP contribution in [0.1, 0.15) is 5.56 Å². The molecule has 0 radical (unpaired) electrons. The summed E-state index contributed by atoms with van der Waals surface area (Å²) in [5.41, 5.74) is 6.05. The van der Waals surface area contributed by atoms with Crippen LogP contribution in [-0.2, 0) is 0 Å². The molecular formula is C10H12ClFN2. The van der Waals surface area contributed by atoms with Gasteiger partial charge in [-0.2, -0.15) is 0 Å². The van der Waals surface area contributed by atoms with Crippen LogP contribution in [0, 0.1) is 5.82 Å². The Morgan fingerprint density at radius 2 is 2.29 bits per heavy atom. The minimum Gasteiger partial charge on any atom is -0.396 e. The van der Waals surface area contributed by atoms with Crippen LogP contribution < -0.4 is 11.1 Å². The van der Waals surface area contributed by atoms with E-state index in [0.717, 1.165) is 0 Å². The van der Waals surface area contributed by atoms with E-state index in [1.54, 1.807) is 6.08 Å². The van der Waals surface area contributed by atoms with Gasteiger partial charge in [-0.15, -0.1) is 0 Å². The zero-order valence-corrected chi connectivity index (χ0v) is 8.61. The Balaban J connectivity index is 2.92. The van der Waals surface area contributed by atoms with Crippen LogP contribution in [-0.4, -0.2) is 13.6 Å². The maximum atomic E-state index is 13.0. The molecule has 0 amide bonds. The summed E-state index contributed by atoms with van der Waals surface area (Å²) in [4.78, 5) is 0. The fourth-order valence-corrected chi connectivity index (χ4v) is 1.24. The standard InChI is InChI=1S/C10H12ClFN2/c1-14-4-2-3-7-5-9(12)10(13)6-8(7)11/h2-3,5-6,14H,4,13H2,1H3. The highest BCUT2D eigenvalue weighted by Gasteiger charge is 2.03. The summed E-state index contributed by atoms with van der Waals surface area (Å²) in [6, 6.07) is 2.74. The van der Waals surface area contributed by atoms with Gasteiger partial charge in [0, 0.05) is 6.54 Å². The summed E-state index contributed by atoms with van der Waals surface area (Å²) in [7, 11) is 1.83. The molecule has 0 unspecified atom stereocenters. The molecule has 2 nitrogen and oxygen atoms in total. The van der Waals surface area contributed by atoms with Gasteiger partial charge < -0.3 is 11.1 Å². The summed E-state index contributed by atoms with van der Waals surface area (Å²) < 4.78 is 13.0. The lowest BCUT2D eigenvalue weighted by Crippen LogP contribution is -2.03. The van der Waals surface area contributed by atoms with Gasteiger partial charge in [-0.05, 0) is 24.7 Å².